The van der Waals surface area contributed by atoms with Crippen LogP contribution in [-0.2, 0) is 0 Å². The van der Waals surface area contributed by atoms with E-state index in [0.717, 1.165) is 16.6 Å². The van der Waals surface area contributed by atoms with Crippen molar-refractivity contribution >= 4 is 27.5 Å². The number of ether oxygens (including phenoxy) is 1. The molecule has 2 nitrogen and oxygen atoms in total. The maximum Gasteiger partial charge on any atom is 0.165 e. The monoisotopic (exact) mass is 371 g/mol. The molecule has 5 heteroatoms. The minimum Gasteiger partial charge on any atom is -0.454 e. The molecule has 0 heterocycles. The maximum atomic E-state index is 13.7. The Hall–Kier alpha value is -1.10. The Morgan fingerprint density at radius 3 is 2.71 bits per heavy atom. The van der Waals surface area contributed by atoms with Crippen LogP contribution in [0.15, 0.2) is 40.9 Å². The van der Waals surface area contributed by atoms with Gasteiger partial charge in [0.2, 0.25) is 0 Å². The molecular weight excluding hydrogens is 357 g/mol. The smallest absolute Gasteiger partial charge is 0.165 e. The van der Waals surface area contributed by atoms with Crippen molar-refractivity contribution < 1.29 is 9.13 Å². The summed E-state index contributed by atoms with van der Waals surface area (Å²) in [5.74, 6) is 0.247. The third-order valence-corrected chi connectivity index (χ3v) is 3.89. The summed E-state index contributed by atoms with van der Waals surface area (Å²) in [5.41, 5.74) is 0.987. The molecule has 0 saturated carbocycles. The van der Waals surface area contributed by atoms with Gasteiger partial charge in [0.15, 0.2) is 11.6 Å². The molecule has 0 bridgehead atoms. The third-order valence-electron chi connectivity index (χ3n) is 3.07. The van der Waals surface area contributed by atoms with Crippen LogP contribution in [0.1, 0.15) is 25.5 Å². The lowest BCUT2D eigenvalue weighted by Gasteiger charge is -2.15. The average Bonchev–Trinajstić information content (AvgIpc) is 2.43. The van der Waals surface area contributed by atoms with Gasteiger partial charge >= 0.3 is 0 Å². The largest absolute Gasteiger partial charge is 0.454 e. The van der Waals surface area contributed by atoms with Crippen LogP contribution in [-0.4, -0.2) is 6.54 Å². The molecule has 2 aromatic carbocycles. The number of benzene rings is 2. The zero-order valence-corrected chi connectivity index (χ0v) is 14.1. The van der Waals surface area contributed by atoms with Crippen molar-refractivity contribution in [2.75, 3.05) is 6.54 Å². The van der Waals surface area contributed by atoms with Crippen molar-refractivity contribution in [1.29, 1.82) is 0 Å². The summed E-state index contributed by atoms with van der Waals surface area (Å²) in [6.45, 7) is 4.94. The number of nitrogens with one attached hydrogen (secondary N) is 1. The predicted molar refractivity (Wildman–Crippen MR) is 87.7 cm³/mol. The van der Waals surface area contributed by atoms with Crippen LogP contribution in [0.25, 0.3) is 0 Å². The fraction of sp³-hybridized carbons (Fsp3) is 0.250. The van der Waals surface area contributed by atoms with Crippen molar-refractivity contribution in [3.05, 3.63) is 57.3 Å². The van der Waals surface area contributed by atoms with E-state index in [-0.39, 0.29) is 11.8 Å². The van der Waals surface area contributed by atoms with E-state index in [9.17, 15) is 4.39 Å². The van der Waals surface area contributed by atoms with Gasteiger partial charge in [-0.05, 0) is 49.4 Å². The zero-order valence-electron chi connectivity index (χ0n) is 11.8. The number of hydrogen-bond donors (Lipinski definition) is 1. The quantitative estimate of drug-likeness (QED) is 0.726. The van der Waals surface area contributed by atoms with E-state index in [1.807, 2.05) is 19.9 Å². The third kappa shape index (κ3) is 4.19. The van der Waals surface area contributed by atoms with Crippen LogP contribution in [0.4, 0.5) is 4.39 Å². The maximum absolute atomic E-state index is 13.7. The molecule has 0 aliphatic heterocycles. The van der Waals surface area contributed by atoms with Gasteiger partial charge in [-0.1, -0.05) is 40.5 Å². The van der Waals surface area contributed by atoms with E-state index in [4.69, 9.17) is 16.3 Å². The van der Waals surface area contributed by atoms with Crippen LogP contribution < -0.4 is 10.1 Å². The molecule has 2 aromatic rings. The molecule has 0 aliphatic carbocycles. The Bertz CT molecular complexity index is 636. The molecule has 0 aromatic heterocycles. The van der Waals surface area contributed by atoms with Gasteiger partial charge in [-0.3, -0.25) is 0 Å². The molecule has 0 amide bonds. The van der Waals surface area contributed by atoms with Crippen molar-refractivity contribution in [3.8, 4) is 11.5 Å². The summed E-state index contributed by atoms with van der Waals surface area (Å²) in [5, 5.41) is 3.89. The molecule has 0 radical (unpaired) electrons. The molecule has 2 rings (SSSR count). The minimum absolute atomic E-state index is 0.152. The van der Waals surface area contributed by atoms with E-state index in [1.165, 1.54) is 6.07 Å². The molecule has 112 valence electrons. The Balaban J connectivity index is 2.22. The Labute approximate surface area is 137 Å². The molecule has 1 unspecified atom stereocenters. The summed E-state index contributed by atoms with van der Waals surface area (Å²) in [7, 11) is 0. The van der Waals surface area contributed by atoms with Crippen molar-refractivity contribution in [2.24, 2.45) is 0 Å². The summed E-state index contributed by atoms with van der Waals surface area (Å²) in [4.78, 5) is 0. The van der Waals surface area contributed by atoms with Gasteiger partial charge in [-0.2, -0.15) is 0 Å². The normalized spacial score (nSPS) is 12.2. The van der Waals surface area contributed by atoms with E-state index in [2.05, 4.69) is 21.2 Å². The van der Waals surface area contributed by atoms with E-state index in [0.29, 0.717) is 10.8 Å². The summed E-state index contributed by atoms with van der Waals surface area (Å²) in [6, 6.07) is 10.1. The fourth-order valence-corrected chi connectivity index (χ4v) is 2.70. The van der Waals surface area contributed by atoms with Crippen LogP contribution in [0, 0.1) is 5.82 Å². The SMILES string of the molecule is CCNC(C)c1ccc(Oc2cc(Br)ccc2F)cc1Cl. The molecule has 0 spiro atoms. The van der Waals surface area contributed by atoms with Crippen molar-refractivity contribution in [3.63, 3.8) is 0 Å². The molecular formula is C16H16BrClFNO. The number of halogens is 3. The van der Waals surface area contributed by atoms with Gasteiger partial charge in [0.05, 0.1) is 0 Å². The first-order valence-electron chi connectivity index (χ1n) is 6.67. The van der Waals surface area contributed by atoms with Gasteiger partial charge in [-0.25, -0.2) is 4.39 Å². The van der Waals surface area contributed by atoms with Crippen LogP contribution >= 0.6 is 27.5 Å². The van der Waals surface area contributed by atoms with Gasteiger partial charge in [0, 0.05) is 15.5 Å². The highest BCUT2D eigenvalue weighted by Gasteiger charge is 2.11. The van der Waals surface area contributed by atoms with Crippen LogP contribution in [0.3, 0.4) is 0 Å². The summed E-state index contributed by atoms with van der Waals surface area (Å²) in [6.07, 6.45) is 0. The second kappa shape index (κ2) is 7.25. The van der Waals surface area contributed by atoms with Gasteiger partial charge in [-0.15, -0.1) is 0 Å². The minimum atomic E-state index is -0.417. The van der Waals surface area contributed by atoms with E-state index in [1.54, 1.807) is 24.3 Å². The van der Waals surface area contributed by atoms with Gasteiger partial charge in [0.25, 0.3) is 0 Å². The second-order valence-electron chi connectivity index (χ2n) is 4.64. The van der Waals surface area contributed by atoms with Crippen LogP contribution in [0.2, 0.25) is 5.02 Å². The zero-order chi connectivity index (χ0) is 15.4. The predicted octanol–water partition coefficient (Wildman–Crippen LogP) is 5.70. The van der Waals surface area contributed by atoms with Crippen molar-refractivity contribution in [2.45, 2.75) is 19.9 Å². The number of hydrogen-bond acceptors (Lipinski definition) is 2. The molecule has 0 saturated heterocycles. The Morgan fingerprint density at radius 2 is 2.05 bits per heavy atom. The summed E-state index contributed by atoms with van der Waals surface area (Å²) >= 11 is 9.57. The first kappa shape index (κ1) is 16.3. The molecule has 21 heavy (non-hydrogen) atoms. The highest BCUT2D eigenvalue weighted by molar-refractivity contribution is 9.10. The van der Waals surface area contributed by atoms with Gasteiger partial charge in [0.1, 0.15) is 5.75 Å². The lowest BCUT2D eigenvalue weighted by Crippen LogP contribution is -2.17. The first-order valence-corrected chi connectivity index (χ1v) is 7.84. The molecule has 0 aliphatic rings. The second-order valence-corrected chi connectivity index (χ2v) is 5.96. The molecule has 1 atom stereocenters. The van der Waals surface area contributed by atoms with Crippen LogP contribution in [0.5, 0.6) is 11.5 Å². The Morgan fingerprint density at radius 1 is 1.29 bits per heavy atom. The van der Waals surface area contributed by atoms with Gasteiger partial charge < -0.3 is 10.1 Å². The highest BCUT2D eigenvalue weighted by atomic mass is 79.9. The lowest BCUT2D eigenvalue weighted by atomic mass is 10.1. The fourth-order valence-electron chi connectivity index (χ4n) is 2.02. The lowest BCUT2D eigenvalue weighted by molar-refractivity contribution is 0.441. The summed E-state index contributed by atoms with van der Waals surface area (Å²) < 4.78 is 20.0. The van der Waals surface area contributed by atoms with E-state index >= 15 is 0 Å². The molecule has 1 N–H and O–H groups in total. The topological polar surface area (TPSA) is 21.3 Å². The Kier molecular flexibility index (Phi) is 5.62. The molecule has 0 fully saturated rings. The average molecular weight is 373 g/mol. The van der Waals surface area contributed by atoms with Crippen molar-refractivity contribution in [1.82, 2.24) is 5.32 Å². The highest BCUT2D eigenvalue weighted by Crippen LogP contribution is 2.32. The standard InChI is InChI=1S/C16H16BrClFNO/c1-3-20-10(2)13-6-5-12(9-14(13)18)21-16-8-11(17)4-7-15(16)19/h4-10,20H,3H2,1-2H3. The first-order chi connectivity index (χ1) is 10.0. The number of rotatable bonds is 5. The van der Waals surface area contributed by atoms with E-state index < -0.39 is 5.82 Å².